The van der Waals surface area contributed by atoms with Crippen molar-refractivity contribution in [1.29, 1.82) is 0 Å². The van der Waals surface area contributed by atoms with Crippen LogP contribution in [0, 0.1) is 11.8 Å². The van der Waals surface area contributed by atoms with Crippen molar-refractivity contribution in [2.75, 3.05) is 0 Å². The largest absolute Gasteiger partial charge is 0.481 e. The van der Waals surface area contributed by atoms with Gasteiger partial charge in [-0.15, -0.1) is 5.10 Å². The highest BCUT2D eigenvalue weighted by Gasteiger charge is 2.25. The Kier molecular flexibility index (Phi) is 5.09. The summed E-state index contributed by atoms with van der Waals surface area (Å²) >= 11 is 0. The molecule has 1 unspecified atom stereocenters. The Morgan fingerprint density at radius 3 is 2.65 bits per heavy atom. The zero-order chi connectivity index (χ0) is 14.5. The molecule has 0 aliphatic heterocycles. The summed E-state index contributed by atoms with van der Waals surface area (Å²) in [5, 5.41) is 21.3. The first-order chi connectivity index (χ1) is 9.58. The molecular weight excluding hydrogens is 256 g/mol. The zero-order valence-corrected chi connectivity index (χ0v) is 12.3. The molecule has 1 heterocycles. The average molecular weight is 280 g/mol. The van der Waals surface area contributed by atoms with Crippen LogP contribution in [0.25, 0.3) is 0 Å². The molecule has 1 fully saturated rings. The van der Waals surface area contributed by atoms with E-state index in [1.54, 1.807) is 4.68 Å². The molecule has 2 rings (SSSR count). The monoisotopic (exact) mass is 280 g/mol. The first-order valence-electron chi connectivity index (χ1n) is 7.56. The van der Waals surface area contributed by atoms with Crippen LogP contribution >= 0.6 is 0 Å². The predicted molar refractivity (Wildman–Crippen MR) is 74.2 cm³/mol. The van der Waals surface area contributed by atoms with E-state index in [-0.39, 0.29) is 0 Å². The number of rotatable bonds is 6. The molecule has 1 aromatic heterocycles. The molecule has 1 aliphatic carbocycles. The summed E-state index contributed by atoms with van der Waals surface area (Å²) in [6.07, 6.45) is 6.59. The highest BCUT2D eigenvalue weighted by molar-refractivity contribution is 5.69. The van der Waals surface area contributed by atoms with Crippen molar-refractivity contribution in [2.45, 2.75) is 64.8 Å². The van der Waals surface area contributed by atoms with Crippen LogP contribution in [-0.4, -0.2) is 31.3 Å². The van der Waals surface area contributed by atoms with Crippen LogP contribution in [-0.2, 0) is 11.3 Å². The molecule has 1 aliphatic rings. The summed E-state index contributed by atoms with van der Waals surface area (Å²) in [5.74, 6) is 0.447. The molecule has 20 heavy (non-hydrogen) atoms. The van der Waals surface area contributed by atoms with Gasteiger partial charge in [-0.1, -0.05) is 33.1 Å². The maximum absolute atomic E-state index is 11.4. The third kappa shape index (κ3) is 3.77. The van der Waals surface area contributed by atoms with Crippen molar-refractivity contribution in [3.05, 3.63) is 5.82 Å². The number of nitrogens with zero attached hydrogens (tertiary/aromatic N) is 4. The summed E-state index contributed by atoms with van der Waals surface area (Å²) in [6, 6.07) is 0. The van der Waals surface area contributed by atoms with Gasteiger partial charge >= 0.3 is 5.97 Å². The molecule has 1 atom stereocenters. The third-order valence-corrected chi connectivity index (χ3v) is 4.03. The molecule has 0 amide bonds. The fourth-order valence-electron chi connectivity index (χ4n) is 3.03. The maximum Gasteiger partial charge on any atom is 0.308 e. The van der Waals surface area contributed by atoms with E-state index in [2.05, 4.69) is 15.5 Å². The highest BCUT2D eigenvalue weighted by atomic mass is 16.4. The smallest absolute Gasteiger partial charge is 0.308 e. The van der Waals surface area contributed by atoms with Crippen LogP contribution in [0.3, 0.4) is 0 Å². The lowest BCUT2D eigenvalue weighted by molar-refractivity contribution is -0.142. The molecule has 6 nitrogen and oxygen atoms in total. The normalized spacial score (nSPS) is 18.4. The van der Waals surface area contributed by atoms with Crippen LogP contribution in [0.15, 0.2) is 0 Å². The molecular formula is C14H24N4O2. The second kappa shape index (κ2) is 6.81. The minimum Gasteiger partial charge on any atom is -0.481 e. The number of hydrogen-bond acceptors (Lipinski definition) is 4. The summed E-state index contributed by atoms with van der Waals surface area (Å²) in [5.41, 5.74) is 0. The quantitative estimate of drug-likeness (QED) is 0.865. The van der Waals surface area contributed by atoms with Gasteiger partial charge in [0.25, 0.3) is 0 Å². The second-order valence-corrected chi connectivity index (χ2v) is 6.22. The van der Waals surface area contributed by atoms with Gasteiger partial charge in [0, 0.05) is 5.92 Å². The van der Waals surface area contributed by atoms with E-state index >= 15 is 0 Å². The Hall–Kier alpha value is -1.46. The Morgan fingerprint density at radius 1 is 1.35 bits per heavy atom. The van der Waals surface area contributed by atoms with Gasteiger partial charge in [-0.2, -0.15) is 0 Å². The number of carbonyl (C=O) groups is 1. The van der Waals surface area contributed by atoms with E-state index in [0.717, 1.165) is 18.7 Å². The fourth-order valence-corrected chi connectivity index (χ4v) is 3.03. The predicted octanol–water partition coefficient (Wildman–Crippen LogP) is 2.47. The topological polar surface area (TPSA) is 80.9 Å². The van der Waals surface area contributed by atoms with E-state index in [4.69, 9.17) is 0 Å². The number of carboxylic acid groups (broad SMARTS) is 1. The number of tetrazole rings is 1. The lowest BCUT2D eigenvalue weighted by atomic mass is 9.88. The van der Waals surface area contributed by atoms with Crippen LogP contribution in [0.4, 0.5) is 0 Å². The van der Waals surface area contributed by atoms with Crippen molar-refractivity contribution in [2.24, 2.45) is 11.8 Å². The van der Waals surface area contributed by atoms with Crippen molar-refractivity contribution in [3.63, 3.8) is 0 Å². The first kappa shape index (κ1) is 14.9. The molecule has 0 spiro atoms. The van der Waals surface area contributed by atoms with Crippen molar-refractivity contribution in [1.82, 2.24) is 20.2 Å². The van der Waals surface area contributed by atoms with E-state index in [9.17, 15) is 9.90 Å². The fraction of sp³-hybridized carbons (Fsp3) is 0.857. The van der Waals surface area contributed by atoms with Gasteiger partial charge in [0.1, 0.15) is 0 Å². The van der Waals surface area contributed by atoms with E-state index in [1.165, 1.54) is 19.3 Å². The SMILES string of the molecule is CC(C)CC(Cn1nnnc1C1CCCCC1)C(=O)O. The van der Waals surface area contributed by atoms with E-state index < -0.39 is 11.9 Å². The van der Waals surface area contributed by atoms with Crippen molar-refractivity contribution in [3.8, 4) is 0 Å². The second-order valence-electron chi connectivity index (χ2n) is 6.22. The third-order valence-electron chi connectivity index (χ3n) is 4.03. The molecule has 1 aromatic rings. The highest BCUT2D eigenvalue weighted by Crippen LogP contribution is 2.31. The maximum atomic E-state index is 11.4. The number of aliphatic carboxylic acids is 1. The summed E-state index contributed by atoms with van der Waals surface area (Å²) in [6.45, 7) is 4.46. The summed E-state index contributed by atoms with van der Waals surface area (Å²) < 4.78 is 1.72. The number of aromatic nitrogens is 4. The molecule has 1 saturated carbocycles. The van der Waals surface area contributed by atoms with Crippen LogP contribution in [0.5, 0.6) is 0 Å². The molecule has 0 radical (unpaired) electrons. The van der Waals surface area contributed by atoms with Gasteiger partial charge in [-0.05, 0) is 35.6 Å². The van der Waals surface area contributed by atoms with E-state index in [0.29, 0.717) is 24.8 Å². The standard InChI is InChI=1S/C14H24N4O2/c1-10(2)8-12(14(19)20)9-18-13(15-16-17-18)11-6-4-3-5-7-11/h10-12H,3-9H2,1-2H3,(H,19,20). The first-order valence-corrected chi connectivity index (χ1v) is 7.56. The Morgan fingerprint density at radius 2 is 2.05 bits per heavy atom. The lowest BCUT2D eigenvalue weighted by Crippen LogP contribution is -2.24. The van der Waals surface area contributed by atoms with Gasteiger partial charge in [0.2, 0.25) is 0 Å². The van der Waals surface area contributed by atoms with Crippen LogP contribution in [0.2, 0.25) is 0 Å². The summed E-state index contributed by atoms with van der Waals surface area (Å²) in [4.78, 5) is 11.4. The van der Waals surface area contributed by atoms with Gasteiger partial charge in [0.05, 0.1) is 12.5 Å². The van der Waals surface area contributed by atoms with Crippen molar-refractivity contribution < 1.29 is 9.90 Å². The molecule has 0 bridgehead atoms. The zero-order valence-electron chi connectivity index (χ0n) is 12.3. The Bertz CT molecular complexity index is 438. The van der Waals surface area contributed by atoms with Gasteiger partial charge in [-0.3, -0.25) is 4.79 Å². The molecule has 0 saturated heterocycles. The van der Waals surface area contributed by atoms with Crippen LogP contribution < -0.4 is 0 Å². The van der Waals surface area contributed by atoms with Crippen molar-refractivity contribution >= 4 is 5.97 Å². The van der Waals surface area contributed by atoms with E-state index in [1.807, 2.05) is 13.8 Å². The van der Waals surface area contributed by atoms with Gasteiger partial charge in [-0.25, -0.2) is 4.68 Å². The minimum atomic E-state index is -0.760. The molecule has 1 N–H and O–H groups in total. The number of carboxylic acids is 1. The Balaban J connectivity index is 2.08. The van der Waals surface area contributed by atoms with Gasteiger partial charge in [0.15, 0.2) is 5.82 Å². The molecule has 112 valence electrons. The summed E-state index contributed by atoms with van der Waals surface area (Å²) in [7, 11) is 0. The molecule has 6 heteroatoms. The average Bonchev–Trinajstić information content (AvgIpc) is 2.86. The van der Waals surface area contributed by atoms with Gasteiger partial charge < -0.3 is 5.11 Å². The molecule has 0 aromatic carbocycles. The lowest BCUT2D eigenvalue weighted by Gasteiger charge is -2.21. The Labute approximate surface area is 119 Å². The number of hydrogen-bond donors (Lipinski definition) is 1. The minimum absolute atomic E-state index is 0.353. The van der Waals surface area contributed by atoms with Crippen LogP contribution in [0.1, 0.15) is 64.1 Å².